The van der Waals surface area contributed by atoms with Crippen molar-refractivity contribution in [3.63, 3.8) is 0 Å². The number of hydrogen-bond donors (Lipinski definition) is 0. The largest absolute Gasteiger partial charge is 0.456 e. The first-order valence-electron chi connectivity index (χ1n) is 20.4. The van der Waals surface area contributed by atoms with Crippen LogP contribution >= 0.6 is 11.3 Å². The molecule has 0 bridgehead atoms. The monoisotopic (exact) mass is 796 g/mol. The molecule has 0 aliphatic carbocycles. The van der Waals surface area contributed by atoms with E-state index in [9.17, 15) is 0 Å². The standard InChI is InChI=1S/C55H32N4OS/c1-2-14-33(15-3-1)34-18-12-19-37(30-34)53-56-54(42-24-13-23-40-39-21-8-11-27-49(39)61-52(40)42)58-55(57-53)51-45(28-29-48-50(51)41-22-7-10-26-47(41)60-48)59-44-25-9-6-20-38(44)43-31-35-16-4-5-17-36(35)32-46(43)59/h1-32H. The fraction of sp³-hybridized carbons (Fsp3) is 0. The third kappa shape index (κ3) is 5.29. The maximum absolute atomic E-state index is 6.63. The quantitative estimate of drug-likeness (QED) is 0.174. The highest BCUT2D eigenvalue weighted by Crippen LogP contribution is 2.45. The average molecular weight is 797 g/mol. The number of rotatable bonds is 5. The van der Waals surface area contributed by atoms with Crippen LogP contribution in [0.3, 0.4) is 0 Å². The Hall–Kier alpha value is -7.93. The molecule has 5 nitrogen and oxygen atoms in total. The van der Waals surface area contributed by atoms with E-state index in [1.165, 1.54) is 37.0 Å². The molecule has 13 aromatic rings. The summed E-state index contributed by atoms with van der Waals surface area (Å²) in [6.45, 7) is 0. The van der Waals surface area contributed by atoms with Gasteiger partial charge in [0.1, 0.15) is 11.2 Å². The van der Waals surface area contributed by atoms with Crippen molar-refractivity contribution in [3.05, 3.63) is 194 Å². The van der Waals surface area contributed by atoms with Gasteiger partial charge in [-0.3, -0.25) is 0 Å². The Kier molecular flexibility index (Phi) is 7.41. The third-order valence-corrected chi connectivity index (χ3v) is 13.3. The minimum absolute atomic E-state index is 0.571. The molecule has 0 saturated heterocycles. The zero-order valence-electron chi connectivity index (χ0n) is 32.6. The van der Waals surface area contributed by atoms with E-state index in [2.05, 4.69) is 180 Å². The summed E-state index contributed by atoms with van der Waals surface area (Å²) in [5.41, 5.74) is 9.72. The molecule has 284 valence electrons. The third-order valence-electron chi connectivity index (χ3n) is 12.0. The Bertz CT molecular complexity index is 3900. The number of fused-ring (bicyclic) bond motifs is 10. The Balaban J connectivity index is 1.16. The molecular weight excluding hydrogens is 765 g/mol. The van der Waals surface area contributed by atoms with E-state index < -0.39 is 0 Å². The summed E-state index contributed by atoms with van der Waals surface area (Å²) >= 11 is 1.78. The second-order valence-corrected chi connectivity index (χ2v) is 16.6. The van der Waals surface area contributed by atoms with Gasteiger partial charge in [0.2, 0.25) is 0 Å². The Labute approximate surface area is 353 Å². The topological polar surface area (TPSA) is 56.7 Å². The van der Waals surface area contributed by atoms with Gasteiger partial charge < -0.3 is 8.98 Å². The first kappa shape index (κ1) is 34.0. The zero-order chi connectivity index (χ0) is 40.0. The number of aromatic nitrogens is 4. The van der Waals surface area contributed by atoms with E-state index in [-0.39, 0.29) is 0 Å². The summed E-state index contributed by atoms with van der Waals surface area (Å²) in [5.74, 6) is 1.79. The van der Waals surface area contributed by atoms with E-state index in [4.69, 9.17) is 19.4 Å². The van der Waals surface area contributed by atoms with Gasteiger partial charge in [0.25, 0.3) is 0 Å². The normalized spacial score (nSPS) is 11.9. The summed E-state index contributed by atoms with van der Waals surface area (Å²) in [6, 6.07) is 68.5. The summed E-state index contributed by atoms with van der Waals surface area (Å²) in [7, 11) is 0. The van der Waals surface area contributed by atoms with Crippen molar-refractivity contribution in [1.82, 2.24) is 19.5 Å². The fourth-order valence-electron chi connectivity index (χ4n) is 9.26. The molecule has 0 atom stereocenters. The van der Waals surface area contributed by atoms with Crippen molar-refractivity contribution in [3.8, 4) is 51.0 Å². The number of hydrogen-bond acceptors (Lipinski definition) is 5. The van der Waals surface area contributed by atoms with Crippen LogP contribution in [0.25, 0.3) is 126 Å². The second kappa shape index (κ2) is 13.3. The lowest BCUT2D eigenvalue weighted by Gasteiger charge is -2.16. The minimum atomic E-state index is 0.571. The predicted octanol–water partition coefficient (Wildman–Crippen LogP) is 15.1. The van der Waals surface area contributed by atoms with Crippen molar-refractivity contribution in [2.45, 2.75) is 0 Å². The van der Waals surface area contributed by atoms with Crippen LogP contribution in [0.15, 0.2) is 199 Å². The summed E-state index contributed by atoms with van der Waals surface area (Å²) in [5, 5.41) is 9.12. The Morgan fingerprint density at radius 2 is 1.08 bits per heavy atom. The zero-order valence-corrected chi connectivity index (χ0v) is 33.4. The molecule has 0 unspecified atom stereocenters. The summed E-state index contributed by atoms with van der Waals surface area (Å²) < 4.78 is 11.4. The Morgan fingerprint density at radius 1 is 0.410 bits per heavy atom. The van der Waals surface area contributed by atoms with E-state index in [0.29, 0.717) is 17.5 Å². The molecule has 0 aliphatic rings. The molecule has 4 aromatic heterocycles. The van der Waals surface area contributed by atoms with Crippen LogP contribution in [-0.4, -0.2) is 19.5 Å². The molecule has 4 heterocycles. The molecule has 9 aromatic carbocycles. The van der Waals surface area contributed by atoms with Crippen LogP contribution in [0, 0.1) is 0 Å². The first-order valence-corrected chi connectivity index (χ1v) is 21.2. The van der Waals surface area contributed by atoms with E-state index in [1.54, 1.807) is 11.3 Å². The number of benzene rings is 9. The van der Waals surface area contributed by atoms with Gasteiger partial charge in [0.05, 0.1) is 22.3 Å². The van der Waals surface area contributed by atoms with Crippen molar-refractivity contribution < 1.29 is 4.42 Å². The van der Waals surface area contributed by atoms with Crippen LogP contribution in [0.4, 0.5) is 0 Å². The van der Waals surface area contributed by atoms with E-state index in [1.807, 2.05) is 18.2 Å². The minimum Gasteiger partial charge on any atom is -0.456 e. The molecular formula is C55H32N4OS. The molecule has 0 aliphatic heterocycles. The van der Waals surface area contributed by atoms with Gasteiger partial charge in [-0.05, 0) is 76.5 Å². The van der Waals surface area contributed by atoms with Gasteiger partial charge in [-0.25, -0.2) is 15.0 Å². The van der Waals surface area contributed by atoms with Gasteiger partial charge in [0, 0.05) is 52.8 Å². The number of nitrogens with zero attached hydrogens (tertiary/aromatic N) is 4. The van der Waals surface area contributed by atoms with Crippen LogP contribution in [0.2, 0.25) is 0 Å². The van der Waals surface area contributed by atoms with Crippen LogP contribution in [0.5, 0.6) is 0 Å². The lowest BCUT2D eigenvalue weighted by atomic mass is 10.0. The van der Waals surface area contributed by atoms with Gasteiger partial charge in [0.15, 0.2) is 17.5 Å². The summed E-state index contributed by atoms with van der Waals surface area (Å²) in [4.78, 5) is 16.4. The van der Waals surface area contributed by atoms with E-state index >= 15 is 0 Å². The molecule has 61 heavy (non-hydrogen) atoms. The maximum Gasteiger partial charge on any atom is 0.166 e. The molecule has 0 N–H and O–H groups in total. The van der Waals surface area contributed by atoms with Gasteiger partial charge in [-0.15, -0.1) is 11.3 Å². The predicted molar refractivity (Wildman–Crippen MR) is 254 cm³/mol. The van der Waals surface area contributed by atoms with Crippen LogP contribution in [0.1, 0.15) is 0 Å². The van der Waals surface area contributed by atoms with Crippen molar-refractivity contribution >= 4 is 86.0 Å². The number of furan rings is 1. The SMILES string of the molecule is c1ccc(-c2cccc(-c3nc(-c4cccc5c4sc4ccccc45)nc(-c4c(-n5c6ccccc6c6cc7ccccc7cc65)ccc5oc6ccccc6c45)n3)c2)cc1. The van der Waals surface area contributed by atoms with Crippen molar-refractivity contribution in [1.29, 1.82) is 0 Å². The van der Waals surface area contributed by atoms with Gasteiger partial charge in [-0.2, -0.15) is 0 Å². The molecule has 0 amide bonds. The summed E-state index contributed by atoms with van der Waals surface area (Å²) in [6.07, 6.45) is 0. The van der Waals surface area contributed by atoms with Crippen molar-refractivity contribution in [2.24, 2.45) is 0 Å². The first-order chi connectivity index (χ1) is 30.2. The fourth-order valence-corrected chi connectivity index (χ4v) is 10.5. The van der Waals surface area contributed by atoms with Crippen LogP contribution < -0.4 is 0 Å². The molecule has 0 radical (unpaired) electrons. The number of para-hydroxylation sites is 2. The molecule has 0 fully saturated rings. The number of thiophene rings is 1. The highest BCUT2D eigenvalue weighted by atomic mass is 32.1. The van der Waals surface area contributed by atoms with E-state index in [0.717, 1.165) is 71.2 Å². The lowest BCUT2D eigenvalue weighted by Crippen LogP contribution is -2.04. The lowest BCUT2D eigenvalue weighted by molar-refractivity contribution is 0.669. The average Bonchev–Trinajstić information content (AvgIpc) is 4.00. The smallest absolute Gasteiger partial charge is 0.166 e. The van der Waals surface area contributed by atoms with Crippen molar-refractivity contribution in [2.75, 3.05) is 0 Å². The maximum atomic E-state index is 6.63. The van der Waals surface area contributed by atoms with Gasteiger partial charge in [-0.1, -0.05) is 140 Å². The second-order valence-electron chi connectivity index (χ2n) is 15.5. The van der Waals surface area contributed by atoms with Gasteiger partial charge >= 0.3 is 0 Å². The highest BCUT2D eigenvalue weighted by Gasteiger charge is 2.25. The Morgan fingerprint density at radius 3 is 1.98 bits per heavy atom. The highest BCUT2D eigenvalue weighted by molar-refractivity contribution is 7.26. The molecule has 6 heteroatoms. The molecule has 0 spiro atoms. The molecule has 0 saturated carbocycles. The molecule has 13 rings (SSSR count). The van der Waals surface area contributed by atoms with Crippen LogP contribution in [-0.2, 0) is 0 Å².